The number of pyridine rings is 1. The van der Waals surface area contributed by atoms with Crippen LogP contribution in [0.5, 0.6) is 5.75 Å². The number of rotatable bonds is 3. The molecule has 0 amide bonds. The summed E-state index contributed by atoms with van der Waals surface area (Å²) in [5, 5.41) is 0. The summed E-state index contributed by atoms with van der Waals surface area (Å²) >= 11 is 0. The summed E-state index contributed by atoms with van der Waals surface area (Å²) in [5.74, 6) is 0.803. The Kier molecular flexibility index (Phi) is 4.94. The smallest absolute Gasteiger partial charge is 0.255 e. The molecule has 2 aromatic heterocycles. The van der Waals surface area contributed by atoms with Gasteiger partial charge in [-0.2, -0.15) is 0 Å². The van der Waals surface area contributed by atoms with E-state index in [1.807, 2.05) is 12.1 Å². The molecule has 1 aliphatic carbocycles. The fourth-order valence-corrected chi connectivity index (χ4v) is 4.57. The van der Waals surface area contributed by atoms with Gasteiger partial charge in [-0.05, 0) is 42.2 Å². The van der Waals surface area contributed by atoms with Crippen LogP contribution in [-0.2, 0) is 18.2 Å². The van der Waals surface area contributed by atoms with Crippen LogP contribution in [-0.4, -0.2) is 40.8 Å². The van der Waals surface area contributed by atoms with E-state index in [0.29, 0.717) is 24.8 Å². The molecule has 1 aliphatic heterocycles. The van der Waals surface area contributed by atoms with Gasteiger partial charge < -0.3 is 14.4 Å². The fraction of sp³-hybridized carbons (Fsp3) is 0.348. The highest BCUT2D eigenvalue weighted by Crippen LogP contribution is 2.40. The van der Waals surface area contributed by atoms with Gasteiger partial charge in [-0.1, -0.05) is 6.07 Å². The van der Waals surface area contributed by atoms with Gasteiger partial charge in [-0.3, -0.25) is 14.3 Å². The lowest BCUT2D eigenvalue weighted by Crippen LogP contribution is -2.51. The molecule has 0 unspecified atom stereocenters. The van der Waals surface area contributed by atoms with Crippen molar-refractivity contribution in [2.45, 2.75) is 25.0 Å². The Labute approximate surface area is 179 Å². The van der Waals surface area contributed by atoms with Crippen molar-refractivity contribution < 1.29 is 13.9 Å². The second-order valence-electron chi connectivity index (χ2n) is 7.85. The predicted molar refractivity (Wildman–Crippen MR) is 114 cm³/mol. The molecule has 0 saturated carbocycles. The van der Waals surface area contributed by atoms with Crippen LogP contribution in [0.25, 0.3) is 11.3 Å². The van der Waals surface area contributed by atoms with Gasteiger partial charge in [0.05, 0.1) is 31.6 Å². The lowest BCUT2D eigenvalue weighted by Gasteiger charge is -2.45. The maximum absolute atomic E-state index is 14.3. The van der Waals surface area contributed by atoms with E-state index in [1.165, 1.54) is 28.5 Å². The minimum Gasteiger partial charge on any atom is -0.497 e. The summed E-state index contributed by atoms with van der Waals surface area (Å²) in [6, 6.07) is 9.01. The first-order valence-corrected chi connectivity index (χ1v) is 10.3. The van der Waals surface area contributed by atoms with E-state index < -0.39 is 5.82 Å². The van der Waals surface area contributed by atoms with E-state index in [9.17, 15) is 9.18 Å². The number of aromatic nitrogens is 3. The van der Waals surface area contributed by atoms with Gasteiger partial charge in [0.25, 0.3) is 5.56 Å². The summed E-state index contributed by atoms with van der Waals surface area (Å²) in [4.78, 5) is 23.4. The summed E-state index contributed by atoms with van der Waals surface area (Å²) in [7, 11) is 3.35. The van der Waals surface area contributed by atoms with Crippen LogP contribution < -0.4 is 15.2 Å². The first-order valence-electron chi connectivity index (χ1n) is 10.3. The van der Waals surface area contributed by atoms with Gasteiger partial charge >= 0.3 is 0 Å². The number of fused-ring (bicyclic) bond motifs is 3. The van der Waals surface area contributed by atoms with Gasteiger partial charge in [0, 0.05) is 31.4 Å². The van der Waals surface area contributed by atoms with E-state index in [1.54, 1.807) is 14.2 Å². The van der Waals surface area contributed by atoms with Crippen LogP contribution in [0.1, 0.15) is 23.7 Å². The van der Waals surface area contributed by atoms with Crippen LogP contribution >= 0.6 is 0 Å². The van der Waals surface area contributed by atoms with Crippen molar-refractivity contribution in [2.75, 3.05) is 25.2 Å². The molecule has 1 saturated heterocycles. The molecule has 31 heavy (non-hydrogen) atoms. The molecule has 3 aromatic rings. The third-order valence-corrected chi connectivity index (χ3v) is 6.16. The topological polar surface area (TPSA) is 69.5 Å². The van der Waals surface area contributed by atoms with Crippen LogP contribution in [0.15, 0.2) is 47.5 Å². The average Bonchev–Trinajstić information content (AvgIpc) is 2.80. The van der Waals surface area contributed by atoms with Gasteiger partial charge in [0.15, 0.2) is 5.82 Å². The molecule has 160 valence electrons. The Bertz CT molecular complexity index is 1200. The SMILES string of the molecule is COc1ccc2c(c1)[C@H]1OCCN(c3nc(-c4ccncc4F)cc(=O)n3C)[C@@H]1CC2. The lowest BCUT2D eigenvalue weighted by atomic mass is 9.84. The minimum absolute atomic E-state index is 0.0176. The molecule has 2 atom stereocenters. The van der Waals surface area contributed by atoms with Gasteiger partial charge in [0.1, 0.15) is 11.9 Å². The zero-order valence-electron chi connectivity index (χ0n) is 17.4. The van der Waals surface area contributed by atoms with Gasteiger partial charge in [-0.25, -0.2) is 9.37 Å². The first-order chi connectivity index (χ1) is 15.1. The van der Waals surface area contributed by atoms with Gasteiger partial charge in [0.2, 0.25) is 5.95 Å². The monoisotopic (exact) mass is 422 g/mol. The Morgan fingerprint density at radius 1 is 1.26 bits per heavy atom. The summed E-state index contributed by atoms with van der Waals surface area (Å²) in [6.45, 7) is 1.10. The Hall–Kier alpha value is -3.26. The van der Waals surface area contributed by atoms with E-state index in [0.717, 1.165) is 30.4 Å². The molecule has 8 heteroatoms. The number of hydrogen-bond donors (Lipinski definition) is 0. The largest absolute Gasteiger partial charge is 0.497 e. The van der Waals surface area contributed by atoms with Crippen molar-refractivity contribution in [3.8, 4) is 17.0 Å². The molecule has 1 aromatic carbocycles. The fourth-order valence-electron chi connectivity index (χ4n) is 4.57. The molecule has 5 rings (SSSR count). The zero-order valence-corrected chi connectivity index (χ0v) is 17.4. The molecular weight excluding hydrogens is 399 g/mol. The Morgan fingerprint density at radius 2 is 2.13 bits per heavy atom. The van der Waals surface area contributed by atoms with Crippen molar-refractivity contribution in [3.05, 3.63) is 70.0 Å². The molecule has 2 aliphatic rings. The third kappa shape index (κ3) is 3.37. The number of aryl methyl sites for hydroxylation is 1. The number of morpholine rings is 1. The first kappa shape index (κ1) is 19.7. The summed E-state index contributed by atoms with van der Waals surface area (Å²) in [5.41, 5.74) is 2.69. The molecule has 0 spiro atoms. The average molecular weight is 422 g/mol. The molecule has 3 heterocycles. The second kappa shape index (κ2) is 7.77. The minimum atomic E-state index is -0.507. The molecule has 0 bridgehead atoms. The third-order valence-electron chi connectivity index (χ3n) is 6.16. The zero-order chi connectivity index (χ0) is 21.5. The van der Waals surface area contributed by atoms with Crippen LogP contribution in [0.3, 0.4) is 0 Å². The highest BCUT2D eigenvalue weighted by atomic mass is 19.1. The second-order valence-corrected chi connectivity index (χ2v) is 7.85. The lowest BCUT2D eigenvalue weighted by molar-refractivity contribution is 0.00164. The van der Waals surface area contributed by atoms with Crippen molar-refractivity contribution >= 4 is 5.95 Å². The predicted octanol–water partition coefficient (Wildman–Crippen LogP) is 2.88. The Balaban J connectivity index is 1.58. The molecule has 7 nitrogen and oxygen atoms in total. The maximum Gasteiger partial charge on any atom is 0.255 e. The number of methoxy groups -OCH3 is 1. The van der Waals surface area contributed by atoms with Crippen molar-refractivity contribution in [1.29, 1.82) is 0 Å². The number of anilines is 1. The molecular formula is C23H23FN4O3. The molecule has 1 fully saturated rings. The van der Waals surface area contributed by atoms with E-state index >= 15 is 0 Å². The summed E-state index contributed by atoms with van der Waals surface area (Å²) in [6.07, 6.45) is 4.24. The number of benzene rings is 1. The van der Waals surface area contributed by atoms with E-state index in [-0.39, 0.29) is 23.3 Å². The Morgan fingerprint density at radius 3 is 2.94 bits per heavy atom. The standard InChI is InChI=1S/C23H23FN4O3/c1-27-21(29)12-19(16-7-8-25-13-18(16)24)26-23(27)28-9-10-31-22-17-11-15(30-2)5-3-14(17)4-6-20(22)28/h3,5,7-8,11-13,20,22H,4,6,9-10H2,1-2H3/t20-,22-/m1/s1. The number of hydrogen-bond acceptors (Lipinski definition) is 6. The molecule has 0 radical (unpaired) electrons. The highest BCUT2D eigenvalue weighted by Gasteiger charge is 2.39. The van der Waals surface area contributed by atoms with Crippen LogP contribution in [0, 0.1) is 5.82 Å². The highest BCUT2D eigenvalue weighted by molar-refractivity contribution is 5.60. The van der Waals surface area contributed by atoms with Crippen LogP contribution in [0.4, 0.5) is 10.3 Å². The number of nitrogens with zero attached hydrogens (tertiary/aromatic N) is 4. The maximum atomic E-state index is 14.3. The molecule has 0 N–H and O–H groups in total. The van der Waals surface area contributed by atoms with E-state index in [4.69, 9.17) is 14.5 Å². The van der Waals surface area contributed by atoms with Crippen molar-refractivity contribution in [2.24, 2.45) is 7.05 Å². The van der Waals surface area contributed by atoms with Crippen molar-refractivity contribution in [3.63, 3.8) is 0 Å². The van der Waals surface area contributed by atoms with Crippen molar-refractivity contribution in [1.82, 2.24) is 14.5 Å². The van der Waals surface area contributed by atoms with Gasteiger partial charge in [-0.15, -0.1) is 0 Å². The van der Waals surface area contributed by atoms with E-state index in [2.05, 4.69) is 16.0 Å². The number of halogens is 1. The summed E-state index contributed by atoms with van der Waals surface area (Å²) < 4.78 is 27.4. The van der Waals surface area contributed by atoms with Crippen LogP contribution in [0.2, 0.25) is 0 Å². The number of ether oxygens (including phenoxy) is 2. The normalized spacial score (nSPS) is 20.2. The quantitative estimate of drug-likeness (QED) is 0.647.